The van der Waals surface area contributed by atoms with Gasteiger partial charge in [0.15, 0.2) is 0 Å². The maximum Gasteiger partial charge on any atom is 0.249 e. The smallest absolute Gasteiger partial charge is 0.249 e. The molecule has 0 aromatic heterocycles. The zero-order chi connectivity index (χ0) is 22.8. The first-order valence-electron chi connectivity index (χ1n) is 10.9. The van der Waals surface area contributed by atoms with Crippen LogP contribution in [0.2, 0.25) is 0 Å². The first kappa shape index (κ1) is 22.4. The van der Waals surface area contributed by atoms with E-state index in [0.29, 0.717) is 18.8 Å². The number of anilines is 2. The second-order valence-corrected chi connectivity index (χ2v) is 11.6. The van der Waals surface area contributed by atoms with Gasteiger partial charge in [0.25, 0.3) is 0 Å². The van der Waals surface area contributed by atoms with Crippen LogP contribution in [0, 0.1) is 0 Å². The molecule has 1 fully saturated rings. The van der Waals surface area contributed by atoms with Gasteiger partial charge in [-0.15, -0.1) is 11.8 Å². The topological polar surface area (TPSA) is 60.9 Å². The summed E-state index contributed by atoms with van der Waals surface area (Å²) in [5.41, 5.74) is 1.82. The number of aliphatic hydroxyl groups excluding tert-OH is 1. The largest absolute Gasteiger partial charge is 0.391 e. The summed E-state index contributed by atoms with van der Waals surface area (Å²) in [7, 11) is 0. The van der Waals surface area contributed by atoms with Crippen LogP contribution in [0.15, 0.2) is 45.3 Å². The number of carbonyl (C=O) groups excluding carboxylic acids is 2. The summed E-state index contributed by atoms with van der Waals surface area (Å²) in [4.78, 5) is 32.2. The molecule has 1 saturated heterocycles. The van der Waals surface area contributed by atoms with Gasteiger partial charge in [-0.25, -0.2) is 0 Å². The molecule has 2 aromatic carbocycles. The first-order valence-corrected chi connectivity index (χ1v) is 13.5. The van der Waals surface area contributed by atoms with E-state index < -0.39 is 16.3 Å². The van der Waals surface area contributed by atoms with Crippen LogP contribution in [-0.4, -0.2) is 41.9 Å². The molecular formula is C24H24Br2N2O3S. The van der Waals surface area contributed by atoms with Crippen molar-refractivity contribution in [2.24, 2.45) is 0 Å². The summed E-state index contributed by atoms with van der Waals surface area (Å²) in [5.74, 6) is 0.0441. The average molecular weight is 580 g/mol. The summed E-state index contributed by atoms with van der Waals surface area (Å²) >= 11 is 8.51. The quantitative estimate of drug-likeness (QED) is 0.556. The predicted molar refractivity (Wildman–Crippen MR) is 135 cm³/mol. The van der Waals surface area contributed by atoms with E-state index in [-0.39, 0.29) is 11.8 Å². The van der Waals surface area contributed by atoms with Gasteiger partial charge >= 0.3 is 0 Å². The molecule has 0 bridgehead atoms. The van der Waals surface area contributed by atoms with Gasteiger partial charge in [0.05, 0.1) is 6.10 Å². The molecule has 5 rings (SSSR count). The number of benzene rings is 2. The maximum atomic E-state index is 14.3. The molecule has 1 N–H and O–H groups in total. The van der Waals surface area contributed by atoms with Gasteiger partial charge in [-0.1, -0.05) is 57.8 Å². The Morgan fingerprint density at radius 2 is 1.47 bits per heavy atom. The lowest BCUT2D eigenvalue weighted by Gasteiger charge is -2.39. The Kier molecular flexibility index (Phi) is 5.51. The Morgan fingerprint density at radius 1 is 0.938 bits per heavy atom. The number of hydrogen-bond donors (Lipinski definition) is 1. The molecule has 3 aliphatic heterocycles. The van der Waals surface area contributed by atoms with Crippen molar-refractivity contribution in [3.05, 3.63) is 56.5 Å². The van der Waals surface area contributed by atoms with E-state index >= 15 is 0 Å². The highest BCUT2D eigenvalue weighted by molar-refractivity contribution is 9.10. The molecule has 2 amide bonds. The number of thioether (sulfide) groups is 1. The van der Waals surface area contributed by atoms with Crippen molar-refractivity contribution in [2.45, 2.75) is 43.0 Å². The van der Waals surface area contributed by atoms with Gasteiger partial charge in [0, 0.05) is 44.7 Å². The van der Waals surface area contributed by atoms with Gasteiger partial charge in [-0.3, -0.25) is 9.59 Å². The highest BCUT2D eigenvalue weighted by atomic mass is 79.9. The van der Waals surface area contributed by atoms with Crippen LogP contribution in [0.4, 0.5) is 11.4 Å². The van der Waals surface area contributed by atoms with E-state index in [4.69, 9.17) is 0 Å². The van der Waals surface area contributed by atoms with Gasteiger partial charge in [0.1, 0.15) is 10.2 Å². The van der Waals surface area contributed by atoms with Crippen molar-refractivity contribution in [1.82, 2.24) is 0 Å². The van der Waals surface area contributed by atoms with Gasteiger partial charge in [-0.2, -0.15) is 0 Å². The molecular weight excluding hydrogens is 556 g/mol. The summed E-state index contributed by atoms with van der Waals surface area (Å²) in [6, 6.07) is 11.6. The van der Waals surface area contributed by atoms with E-state index in [0.717, 1.165) is 44.3 Å². The highest BCUT2D eigenvalue weighted by Crippen LogP contribution is 2.68. The van der Waals surface area contributed by atoms with Crippen molar-refractivity contribution in [3.8, 4) is 0 Å². The van der Waals surface area contributed by atoms with Crippen LogP contribution in [0.25, 0.3) is 0 Å². The third-order valence-corrected chi connectivity index (χ3v) is 9.46. The highest BCUT2D eigenvalue weighted by Gasteiger charge is 2.76. The minimum Gasteiger partial charge on any atom is -0.391 e. The Bertz CT molecular complexity index is 1140. The average Bonchev–Trinajstić information content (AvgIpc) is 3.29. The van der Waals surface area contributed by atoms with E-state index in [2.05, 4.69) is 31.9 Å². The number of hydrogen-bond acceptors (Lipinski definition) is 4. The molecule has 0 saturated carbocycles. The lowest BCUT2D eigenvalue weighted by atomic mass is 9.65. The molecule has 2 spiro atoms. The van der Waals surface area contributed by atoms with Crippen molar-refractivity contribution in [1.29, 1.82) is 0 Å². The third-order valence-electron chi connectivity index (χ3n) is 6.84. The summed E-state index contributed by atoms with van der Waals surface area (Å²) in [6.07, 6.45) is 0.612. The summed E-state index contributed by atoms with van der Waals surface area (Å²) < 4.78 is 0.556. The SMILES string of the molecule is CCCN1C(=O)[C@]2(SC[C@H](O)[C@]23C(=O)N(CCC)c2cc(Br)ccc23)c2ccc(Br)cc21. The van der Waals surface area contributed by atoms with Crippen molar-refractivity contribution < 1.29 is 14.7 Å². The lowest BCUT2D eigenvalue weighted by molar-refractivity contribution is -0.134. The molecule has 32 heavy (non-hydrogen) atoms. The summed E-state index contributed by atoms with van der Waals surface area (Å²) in [5, 5.41) is 11.5. The Morgan fingerprint density at radius 3 is 2.06 bits per heavy atom. The molecule has 0 radical (unpaired) electrons. The van der Waals surface area contributed by atoms with Crippen LogP contribution in [0.5, 0.6) is 0 Å². The molecule has 2 aromatic rings. The fourth-order valence-electron chi connectivity index (χ4n) is 5.69. The van der Waals surface area contributed by atoms with E-state index in [1.54, 1.807) is 9.80 Å². The van der Waals surface area contributed by atoms with Crippen molar-refractivity contribution in [2.75, 3.05) is 28.6 Å². The second-order valence-electron chi connectivity index (χ2n) is 8.55. The fraction of sp³-hybridized carbons (Fsp3) is 0.417. The van der Waals surface area contributed by atoms with Crippen molar-refractivity contribution >= 4 is 66.8 Å². The Labute approximate surface area is 208 Å². The second kappa shape index (κ2) is 7.86. The number of nitrogens with zero attached hydrogens (tertiary/aromatic N) is 2. The zero-order valence-corrected chi connectivity index (χ0v) is 21.9. The molecule has 3 atom stereocenters. The van der Waals surface area contributed by atoms with Gasteiger partial charge in [0.2, 0.25) is 11.8 Å². The zero-order valence-electron chi connectivity index (χ0n) is 17.9. The van der Waals surface area contributed by atoms with E-state index in [1.165, 1.54) is 11.8 Å². The van der Waals surface area contributed by atoms with Crippen LogP contribution in [0.1, 0.15) is 37.8 Å². The first-order chi connectivity index (χ1) is 15.3. The fourth-order valence-corrected chi connectivity index (χ4v) is 8.17. The summed E-state index contributed by atoms with van der Waals surface area (Å²) in [6.45, 7) is 5.18. The van der Waals surface area contributed by atoms with Crippen LogP contribution < -0.4 is 9.80 Å². The van der Waals surface area contributed by atoms with Gasteiger partial charge in [-0.05, 0) is 42.7 Å². The minimum atomic E-state index is -1.36. The molecule has 3 aliphatic rings. The number of carbonyl (C=O) groups is 2. The third kappa shape index (κ3) is 2.61. The minimum absolute atomic E-state index is 0.102. The number of aliphatic hydroxyl groups is 1. The standard InChI is InChI=1S/C24H24Br2N2O3S/c1-3-9-27-18-11-14(25)5-7-16(18)23(21(27)30)20(29)13-32-24(23)17-8-6-15(26)12-19(17)28(10-4-2)22(24)31/h5-8,11-12,20,29H,3-4,9-10,13H2,1-2H3/t20-,23+,24+/m0/s1. The maximum absolute atomic E-state index is 14.3. The number of rotatable bonds is 4. The van der Waals surface area contributed by atoms with Crippen molar-refractivity contribution in [3.63, 3.8) is 0 Å². The predicted octanol–water partition coefficient (Wildman–Crippen LogP) is 4.97. The van der Waals surface area contributed by atoms with Crippen LogP contribution in [-0.2, 0) is 19.8 Å². The Balaban J connectivity index is 1.84. The number of halogens is 2. The normalized spacial score (nSPS) is 28.3. The molecule has 3 heterocycles. The number of amides is 2. The molecule has 0 aliphatic carbocycles. The molecule has 168 valence electrons. The molecule has 0 unspecified atom stereocenters. The Hall–Kier alpha value is -1.35. The van der Waals surface area contributed by atoms with Gasteiger partial charge < -0.3 is 14.9 Å². The monoisotopic (exact) mass is 578 g/mol. The number of fused-ring (bicyclic) bond motifs is 5. The molecule has 8 heteroatoms. The van der Waals surface area contributed by atoms with E-state index in [9.17, 15) is 14.7 Å². The van der Waals surface area contributed by atoms with E-state index in [1.807, 2.05) is 50.2 Å². The lowest BCUT2D eigenvalue weighted by Crippen LogP contribution is -2.60. The van der Waals surface area contributed by atoms with Crippen LogP contribution in [0.3, 0.4) is 0 Å². The van der Waals surface area contributed by atoms with Crippen LogP contribution >= 0.6 is 43.6 Å². The molecule has 5 nitrogen and oxygen atoms in total.